The Hall–Kier alpha value is -0.620. The molecular formula is C6H12N2O3S. The maximum atomic E-state index is 11.0. The molecule has 0 aromatic rings. The fraction of sp³-hybridized carbons (Fsp3) is 0.833. The summed E-state index contributed by atoms with van der Waals surface area (Å²) in [5.74, 6) is -0.307. The summed E-state index contributed by atoms with van der Waals surface area (Å²) in [4.78, 5) is 10.6. The third-order valence-corrected chi connectivity index (χ3v) is 3.55. The lowest BCUT2D eigenvalue weighted by molar-refractivity contribution is -0.119. The highest BCUT2D eigenvalue weighted by Crippen LogP contribution is 2.10. The van der Waals surface area contributed by atoms with Gasteiger partial charge >= 0.3 is 0 Å². The van der Waals surface area contributed by atoms with Crippen molar-refractivity contribution in [2.75, 3.05) is 11.5 Å². The number of nitrogens with two attached hydrogens (primary N) is 1. The normalized spacial score (nSPS) is 33.2. The van der Waals surface area contributed by atoms with Gasteiger partial charge in [0.15, 0.2) is 9.84 Å². The molecule has 0 bridgehead atoms. The van der Waals surface area contributed by atoms with Crippen LogP contribution in [0.25, 0.3) is 0 Å². The first-order chi connectivity index (χ1) is 5.41. The lowest BCUT2D eigenvalue weighted by Gasteiger charge is -2.13. The van der Waals surface area contributed by atoms with Gasteiger partial charge in [-0.1, -0.05) is 0 Å². The van der Waals surface area contributed by atoms with Gasteiger partial charge in [0.05, 0.1) is 17.5 Å². The van der Waals surface area contributed by atoms with E-state index >= 15 is 0 Å². The van der Waals surface area contributed by atoms with Gasteiger partial charge < -0.3 is 11.1 Å². The molecule has 3 N–H and O–H groups in total. The summed E-state index contributed by atoms with van der Waals surface area (Å²) in [5, 5.41) is 2.50. The minimum atomic E-state index is -3.03. The second-order valence-electron chi connectivity index (χ2n) is 3.05. The topological polar surface area (TPSA) is 89.3 Å². The Morgan fingerprint density at radius 1 is 1.50 bits per heavy atom. The first-order valence-corrected chi connectivity index (χ1v) is 5.46. The van der Waals surface area contributed by atoms with Crippen LogP contribution in [0.3, 0.4) is 0 Å². The van der Waals surface area contributed by atoms with E-state index in [0.29, 0.717) is 0 Å². The van der Waals surface area contributed by atoms with Crippen molar-refractivity contribution in [2.24, 2.45) is 5.73 Å². The van der Waals surface area contributed by atoms with Crippen molar-refractivity contribution in [3.05, 3.63) is 0 Å². The molecule has 0 aliphatic carbocycles. The molecule has 2 atom stereocenters. The van der Waals surface area contributed by atoms with Crippen LogP contribution in [0.1, 0.15) is 6.92 Å². The average molecular weight is 192 g/mol. The largest absolute Gasteiger partial charge is 0.351 e. The van der Waals surface area contributed by atoms with E-state index < -0.39 is 21.9 Å². The number of rotatable bonds is 1. The monoisotopic (exact) mass is 192 g/mol. The minimum absolute atomic E-state index is 0.0298. The molecule has 5 nitrogen and oxygen atoms in total. The lowest BCUT2D eigenvalue weighted by Crippen LogP contribution is -2.45. The zero-order chi connectivity index (χ0) is 9.35. The molecule has 12 heavy (non-hydrogen) atoms. The van der Waals surface area contributed by atoms with E-state index in [0.717, 1.165) is 0 Å². The van der Waals surface area contributed by atoms with Crippen LogP contribution in [0.15, 0.2) is 0 Å². The maximum Gasteiger partial charge on any atom is 0.217 e. The Labute approximate surface area is 71.2 Å². The van der Waals surface area contributed by atoms with E-state index in [1.165, 1.54) is 6.92 Å². The maximum absolute atomic E-state index is 11.0. The van der Waals surface area contributed by atoms with Crippen molar-refractivity contribution >= 4 is 15.7 Å². The van der Waals surface area contributed by atoms with Crippen LogP contribution in [-0.2, 0) is 14.6 Å². The third kappa shape index (κ3) is 2.18. The van der Waals surface area contributed by atoms with Crippen molar-refractivity contribution in [1.29, 1.82) is 0 Å². The highest BCUT2D eigenvalue weighted by Gasteiger charge is 2.35. The van der Waals surface area contributed by atoms with Crippen LogP contribution in [-0.4, -0.2) is 37.9 Å². The molecule has 1 saturated heterocycles. The zero-order valence-electron chi connectivity index (χ0n) is 6.78. The fourth-order valence-corrected chi connectivity index (χ4v) is 3.12. The Morgan fingerprint density at radius 2 is 2.08 bits per heavy atom. The van der Waals surface area contributed by atoms with E-state index in [1.54, 1.807) is 0 Å². The Balaban J connectivity index is 2.64. The Kier molecular flexibility index (Phi) is 2.39. The lowest BCUT2D eigenvalue weighted by atomic mass is 10.2. The molecule has 1 aliphatic heterocycles. The Bertz CT molecular complexity index is 285. The van der Waals surface area contributed by atoms with Gasteiger partial charge in [-0.05, 0) is 0 Å². The smallest absolute Gasteiger partial charge is 0.217 e. The van der Waals surface area contributed by atoms with Gasteiger partial charge in [-0.15, -0.1) is 0 Å². The van der Waals surface area contributed by atoms with E-state index in [1.807, 2.05) is 0 Å². The van der Waals surface area contributed by atoms with Gasteiger partial charge in [0.1, 0.15) is 0 Å². The summed E-state index contributed by atoms with van der Waals surface area (Å²) in [5.41, 5.74) is 5.51. The van der Waals surface area contributed by atoms with Crippen molar-refractivity contribution in [3.63, 3.8) is 0 Å². The van der Waals surface area contributed by atoms with Crippen LogP contribution in [0, 0.1) is 0 Å². The molecule has 70 valence electrons. The van der Waals surface area contributed by atoms with Crippen LogP contribution in [0.5, 0.6) is 0 Å². The minimum Gasteiger partial charge on any atom is -0.351 e. The first-order valence-electron chi connectivity index (χ1n) is 3.64. The van der Waals surface area contributed by atoms with Gasteiger partial charge in [-0.2, -0.15) is 0 Å². The Morgan fingerprint density at radius 3 is 2.42 bits per heavy atom. The van der Waals surface area contributed by atoms with E-state index in [2.05, 4.69) is 5.32 Å². The summed E-state index contributed by atoms with van der Waals surface area (Å²) in [6, 6.07) is -0.869. The molecule has 0 unspecified atom stereocenters. The summed E-state index contributed by atoms with van der Waals surface area (Å²) in [6.45, 7) is 1.34. The van der Waals surface area contributed by atoms with E-state index in [4.69, 9.17) is 5.73 Å². The molecule has 0 radical (unpaired) electrons. The van der Waals surface area contributed by atoms with E-state index in [9.17, 15) is 13.2 Å². The highest BCUT2D eigenvalue weighted by molar-refractivity contribution is 7.91. The fourth-order valence-electron chi connectivity index (χ4n) is 1.28. The van der Waals surface area contributed by atoms with Gasteiger partial charge in [0, 0.05) is 13.0 Å². The van der Waals surface area contributed by atoms with Crippen LogP contribution < -0.4 is 11.1 Å². The molecule has 1 aliphatic rings. The molecule has 1 amide bonds. The predicted molar refractivity (Wildman–Crippen MR) is 44.2 cm³/mol. The summed E-state index contributed by atoms with van der Waals surface area (Å²) in [7, 11) is -3.03. The molecule has 1 rings (SSSR count). The number of amides is 1. The third-order valence-electron chi connectivity index (χ3n) is 1.79. The molecule has 0 aromatic carbocycles. The van der Waals surface area contributed by atoms with Crippen molar-refractivity contribution in [1.82, 2.24) is 5.32 Å². The van der Waals surface area contributed by atoms with Crippen LogP contribution in [0.2, 0.25) is 0 Å². The quantitative estimate of drug-likeness (QED) is 0.515. The number of hydrogen-bond acceptors (Lipinski definition) is 4. The molecule has 1 fully saturated rings. The predicted octanol–water partition coefficient (Wildman–Crippen LogP) is -1.75. The standard InChI is InChI=1S/C6H12N2O3S/c1-4(9)8-6-3-12(10,11)2-5(6)7/h5-6H,2-3,7H2,1H3,(H,8,9)/t5-,6-/m1/s1. The van der Waals surface area contributed by atoms with Gasteiger partial charge in [-0.3, -0.25) is 4.79 Å². The van der Waals surface area contributed by atoms with Crippen molar-refractivity contribution in [3.8, 4) is 0 Å². The number of carbonyl (C=O) groups excluding carboxylic acids is 1. The summed E-state index contributed by atoms with van der Waals surface area (Å²) < 4.78 is 22.0. The molecular weight excluding hydrogens is 180 g/mol. The zero-order valence-corrected chi connectivity index (χ0v) is 7.60. The number of hydrogen-bond donors (Lipinski definition) is 2. The molecule has 0 saturated carbocycles. The highest BCUT2D eigenvalue weighted by atomic mass is 32.2. The van der Waals surface area contributed by atoms with Gasteiger partial charge in [0.2, 0.25) is 5.91 Å². The number of sulfone groups is 1. The SMILES string of the molecule is CC(=O)N[C@@H]1CS(=O)(=O)C[C@H]1N. The number of nitrogens with one attached hydrogen (secondary N) is 1. The van der Waals surface area contributed by atoms with E-state index in [-0.39, 0.29) is 17.4 Å². The molecule has 1 heterocycles. The second-order valence-corrected chi connectivity index (χ2v) is 5.20. The average Bonchev–Trinajstić information content (AvgIpc) is 2.03. The summed E-state index contributed by atoms with van der Waals surface area (Å²) in [6.07, 6.45) is 0. The first kappa shape index (κ1) is 9.47. The van der Waals surface area contributed by atoms with Gasteiger partial charge in [0.25, 0.3) is 0 Å². The molecule has 6 heteroatoms. The van der Waals surface area contributed by atoms with Crippen LogP contribution >= 0.6 is 0 Å². The molecule has 0 aromatic heterocycles. The second kappa shape index (κ2) is 3.02. The molecule has 0 spiro atoms. The van der Waals surface area contributed by atoms with Crippen molar-refractivity contribution in [2.45, 2.75) is 19.0 Å². The van der Waals surface area contributed by atoms with Crippen LogP contribution in [0.4, 0.5) is 0 Å². The summed E-state index contributed by atoms with van der Waals surface area (Å²) >= 11 is 0. The number of carbonyl (C=O) groups is 1. The van der Waals surface area contributed by atoms with Crippen molar-refractivity contribution < 1.29 is 13.2 Å². The van der Waals surface area contributed by atoms with Gasteiger partial charge in [-0.25, -0.2) is 8.42 Å².